The van der Waals surface area contributed by atoms with Gasteiger partial charge in [-0.25, -0.2) is 4.98 Å². The second-order valence-corrected chi connectivity index (χ2v) is 3.43. The third kappa shape index (κ3) is 0.971. The topological polar surface area (TPSA) is 40.7 Å². The number of H-pyrrole nitrogens is 1. The van der Waals surface area contributed by atoms with Gasteiger partial charge in [-0.2, -0.15) is 0 Å². The summed E-state index contributed by atoms with van der Waals surface area (Å²) in [6.07, 6.45) is 5.05. The first-order valence-corrected chi connectivity index (χ1v) is 4.60. The number of aromatic amines is 1. The first kappa shape index (κ1) is 7.09. The zero-order valence-corrected chi connectivity index (χ0v) is 7.30. The van der Waals surface area contributed by atoms with Gasteiger partial charge in [0, 0.05) is 24.3 Å². The Kier molecular flexibility index (Phi) is 1.40. The van der Waals surface area contributed by atoms with Crippen molar-refractivity contribution in [3.63, 3.8) is 0 Å². The highest BCUT2D eigenvalue weighted by molar-refractivity contribution is 5.80. The van der Waals surface area contributed by atoms with Crippen LogP contribution in [0.3, 0.4) is 0 Å². The fourth-order valence-corrected chi connectivity index (χ4v) is 1.99. The minimum Gasteiger partial charge on any atom is -0.346 e. The van der Waals surface area contributed by atoms with E-state index in [-0.39, 0.29) is 0 Å². The molecule has 3 heterocycles. The Bertz CT molecular complexity index is 444. The summed E-state index contributed by atoms with van der Waals surface area (Å²) in [5, 5.41) is 4.64. The maximum absolute atomic E-state index is 4.36. The summed E-state index contributed by atoms with van der Waals surface area (Å²) < 4.78 is 0. The predicted molar refractivity (Wildman–Crippen MR) is 51.5 cm³/mol. The second-order valence-electron chi connectivity index (χ2n) is 3.43. The summed E-state index contributed by atoms with van der Waals surface area (Å²) >= 11 is 0. The molecule has 0 bridgehead atoms. The van der Waals surface area contributed by atoms with Gasteiger partial charge < -0.3 is 10.3 Å². The maximum Gasteiger partial charge on any atom is 0.137 e. The van der Waals surface area contributed by atoms with Crippen LogP contribution in [0.25, 0.3) is 11.0 Å². The van der Waals surface area contributed by atoms with E-state index in [1.165, 1.54) is 16.5 Å². The van der Waals surface area contributed by atoms with Gasteiger partial charge in [0.1, 0.15) is 5.65 Å². The Morgan fingerprint density at radius 3 is 3.38 bits per heavy atom. The van der Waals surface area contributed by atoms with Crippen molar-refractivity contribution in [2.75, 3.05) is 6.54 Å². The summed E-state index contributed by atoms with van der Waals surface area (Å²) in [5.41, 5.74) is 3.82. The molecule has 3 rings (SSSR count). The standard InChI is InChI=1S/C10H11N3/c1-3-11-5-7-6-13-10-9(8(1)7)2-4-12-10/h2,4,6,11H,1,3,5H2,(H,12,13). The highest BCUT2D eigenvalue weighted by Crippen LogP contribution is 2.21. The van der Waals surface area contributed by atoms with E-state index in [1.54, 1.807) is 0 Å². The summed E-state index contributed by atoms with van der Waals surface area (Å²) in [5.74, 6) is 0. The third-order valence-corrected chi connectivity index (χ3v) is 2.65. The van der Waals surface area contributed by atoms with Gasteiger partial charge in [-0.3, -0.25) is 0 Å². The molecule has 2 aromatic rings. The lowest BCUT2D eigenvalue weighted by Gasteiger charge is -2.16. The number of rotatable bonds is 0. The van der Waals surface area contributed by atoms with Crippen molar-refractivity contribution in [1.29, 1.82) is 0 Å². The van der Waals surface area contributed by atoms with Gasteiger partial charge in [0.05, 0.1) is 0 Å². The van der Waals surface area contributed by atoms with Crippen LogP contribution < -0.4 is 5.32 Å². The summed E-state index contributed by atoms with van der Waals surface area (Å²) in [6.45, 7) is 2.04. The molecule has 1 aliphatic heterocycles. The van der Waals surface area contributed by atoms with E-state index in [9.17, 15) is 0 Å². The molecule has 0 saturated heterocycles. The molecule has 2 aromatic heterocycles. The van der Waals surface area contributed by atoms with E-state index in [1.807, 2.05) is 12.4 Å². The van der Waals surface area contributed by atoms with Crippen LogP contribution in [0.15, 0.2) is 18.5 Å². The number of fused-ring (bicyclic) bond motifs is 3. The Morgan fingerprint density at radius 1 is 1.38 bits per heavy atom. The molecule has 0 fully saturated rings. The summed E-state index contributed by atoms with van der Waals surface area (Å²) in [4.78, 5) is 7.50. The molecule has 0 amide bonds. The predicted octanol–water partition coefficient (Wildman–Crippen LogP) is 1.21. The quantitative estimate of drug-likeness (QED) is 0.628. The number of nitrogens with one attached hydrogen (secondary N) is 2. The van der Waals surface area contributed by atoms with Crippen molar-refractivity contribution in [3.8, 4) is 0 Å². The normalized spacial score (nSPS) is 16.0. The molecular weight excluding hydrogens is 162 g/mol. The molecule has 0 spiro atoms. The minimum atomic E-state index is 0.962. The SMILES string of the molecule is c1cc2c3c(cnc2[nH]1)CNCC3. The Labute approximate surface area is 76.2 Å². The average molecular weight is 173 g/mol. The lowest BCUT2D eigenvalue weighted by molar-refractivity contribution is 0.645. The zero-order valence-electron chi connectivity index (χ0n) is 7.30. The Balaban J connectivity index is 2.34. The second kappa shape index (κ2) is 2.57. The first-order valence-electron chi connectivity index (χ1n) is 4.60. The number of aromatic nitrogens is 2. The van der Waals surface area contributed by atoms with Crippen molar-refractivity contribution in [3.05, 3.63) is 29.6 Å². The van der Waals surface area contributed by atoms with Crippen LogP contribution in [-0.4, -0.2) is 16.5 Å². The average Bonchev–Trinajstić information content (AvgIpc) is 2.65. The van der Waals surface area contributed by atoms with Crippen LogP contribution in [0.1, 0.15) is 11.1 Å². The third-order valence-electron chi connectivity index (χ3n) is 2.65. The van der Waals surface area contributed by atoms with Crippen LogP contribution in [0.2, 0.25) is 0 Å². The van der Waals surface area contributed by atoms with Crippen LogP contribution in [0.5, 0.6) is 0 Å². The molecule has 0 radical (unpaired) electrons. The van der Waals surface area contributed by atoms with E-state index in [0.717, 1.165) is 25.2 Å². The van der Waals surface area contributed by atoms with Crippen LogP contribution in [0.4, 0.5) is 0 Å². The lowest BCUT2D eigenvalue weighted by atomic mass is 10.0. The number of pyridine rings is 1. The maximum atomic E-state index is 4.36. The largest absolute Gasteiger partial charge is 0.346 e. The van der Waals surface area contributed by atoms with Crippen LogP contribution >= 0.6 is 0 Å². The van der Waals surface area contributed by atoms with Crippen molar-refractivity contribution in [2.45, 2.75) is 13.0 Å². The van der Waals surface area contributed by atoms with Gasteiger partial charge >= 0.3 is 0 Å². The van der Waals surface area contributed by atoms with Gasteiger partial charge in [0.25, 0.3) is 0 Å². The van der Waals surface area contributed by atoms with Crippen molar-refractivity contribution in [2.24, 2.45) is 0 Å². The zero-order chi connectivity index (χ0) is 8.67. The van der Waals surface area contributed by atoms with Crippen molar-refractivity contribution in [1.82, 2.24) is 15.3 Å². The molecule has 0 aliphatic carbocycles. The van der Waals surface area contributed by atoms with Crippen molar-refractivity contribution >= 4 is 11.0 Å². The van der Waals surface area contributed by atoms with E-state index in [2.05, 4.69) is 21.4 Å². The summed E-state index contributed by atoms with van der Waals surface area (Å²) in [6, 6.07) is 2.12. The molecule has 13 heavy (non-hydrogen) atoms. The fourth-order valence-electron chi connectivity index (χ4n) is 1.99. The number of hydrogen-bond donors (Lipinski definition) is 2. The minimum absolute atomic E-state index is 0.962. The van der Waals surface area contributed by atoms with Gasteiger partial charge in [0.15, 0.2) is 0 Å². The van der Waals surface area contributed by atoms with Crippen LogP contribution in [-0.2, 0) is 13.0 Å². The lowest BCUT2D eigenvalue weighted by Crippen LogP contribution is -2.23. The molecular formula is C10H11N3. The Hall–Kier alpha value is -1.35. The molecule has 1 aliphatic rings. The van der Waals surface area contributed by atoms with Crippen molar-refractivity contribution < 1.29 is 0 Å². The van der Waals surface area contributed by atoms with E-state index >= 15 is 0 Å². The number of nitrogens with zero attached hydrogens (tertiary/aromatic N) is 1. The smallest absolute Gasteiger partial charge is 0.137 e. The van der Waals surface area contributed by atoms with E-state index < -0.39 is 0 Å². The highest BCUT2D eigenvalue weighted by atomic mass is 14.9. The molecule has 0 aromatic carbocycles. The molecule has 0 saturated carbocycles. The van der Waals surface area contributed by atoms with E-state index in [0.29, 0.717) is 0 Å². The first-order chi connectivity index (χ1) is 6.45. The molecule has 66 valence electrons. The molecule has 2 N–H and O–H groups in total. The van der Waals surface area contributed by atoms with Gasteiger partial charge in [-0.1, -0.05) is 0 Å². The highest BCUT2D eigenvalue weighted by Gasteiger charge is 2.12. The van der Waals surface area contributed by atoms with Gasteiger partial charge in [0.2, 0.25) is 0 Å². The molecule has 0 atom stereocenters. The van der Waals surface area contributed by atoms with Gasteiger partial charge in [-0.05, 0) is 30.2 Å². The van der Waals surface area contributed by atoms with E-state index in [4.69, 9.17) is 0 Å². The number of hydrogen-bond acceptors (Lipinski definition) is 2. The monoisotopic (exact) mass is 173 g/mol. The Morgan fingerprint density at radius 2 is 2.38 bits per heavy atom. The summed E-state index contributed by atoms with van der Waals surface area (Å²) in [7, 11) is 0. The molecule has 3 heteroatoms. The fraction of sp³-hybridized carbons (Fsp3) is 0.300. The van der Waals surface area contributed by atoms with Crippen LogP contribution in [0, 0.1) is 0 Å². The molecule has 3 nitrogen and oxygen atoms in total. The van der Waals surface area contributed by atoms with Gasteiger partial charge in [-0.15, -0.1) is 0 Å². The molecule has 0 unspecified atom stereocenters.